The number of pyridine rings is 1. The van der Waals surface area contributed by atoms with Gasteiger partial charge in [0.1, 0.15) is 5.75 Å². The highest BCUT2D eigenvalue weighted by atomic mass is 79.9. The molecule has 1 aromatic carbocycles. The number of ether oxygens (including phenoxy) is 1. The largest absolute Gasteiger partial charge is 0.496 e. The Morgan fingerprint density at radius 1 is 1.29 bits per heavy atom. The third kappa shape index (κ3) is 1.42. The lowest BCUT2D eigenvalue weighted by atomic mass is 10.2. The summed E-state index contributed by atoms with van der Waals surface area (Å²) in [4.78, 5) is 13.9. The molecule has 3 nitrogen and oxygen atoms in total. The highest BCUT2D eigenvalue weighted by molar-refractivity contribution is 9.10. The Labute approximate surface area is 88.8 Å². The van der Waals surface area contributed by atoms with E-state index < -0.39 is 0 Å². The third-order valence-electron chi connectivity index (χ3n) is 2.02. The number of benzene rings is 1. The maximum absolute atomic E-state index is 11.1. The number of hydrogen-bond donors (Lipinski definition) is 1. The summed E-state index contributed by atoms with van der Waals surface area (Å²) in [5.74, 6) is 0.749. The van der Waals surface area contributed by atoms with Gasteiger partial charge in [0.2, 0.25) is 5.56 Å². The van der Waals surface area contributed by atoms with Crippen LogP contribution in [0.25, 0.3) is 10.9 Å². The third-order valence-corrected chi connectivity index (χ3v) is 2.68. The summed E-state index contributed by atoms with van der Waals surface area (Å²) >= 11 is 3.37. The number of fused-ring (bicyclic) bond motifs is 1. The van der Waals surface area contributed by atoms with Gasteiger partial charge in [-0.1, -0.05) is 0 Å². The van der Waals surface area contributed by atoms with Crippen molar-refractivity contribution < 1.29 is 4.74 Å². The molecule has 0 aliphatic heterocycles. The summed E-state index contributed by atoms with van der Waals surface area (Å²) in [6.07, 6.45) is 0. The highest BCUT2D eigenvalue weighted by Crippen LogP contribution is 2.28. The molecule has 14 heavy (non-hydrogen) atoms. The van der Waals surface area contributed by atoms with E-state index in [1.807, 2.05) is 12.1 Å². The zero-order chi connectivity index (χ0) is 10.1. The molecule has 1 heterocycles. The van der Waals surface area contributed by atoms with Crippen LogP contribution in [0, 0.1) is 0 Å². The van der Waals surface area contributed by atoms with Gasteiger partial charge in [-0.05, 0) is 34.1 Å². The van der Waals surface area contributed by atoms with Crippen LogP contribution in [-0.2, 0) is 0 Å². The van der Waals surface area contributed by atoms with E-state index in [0.29, 0.717) is 0 Å². The van der Waals surface area contributed by atoms with Crippen molar-refractivity contribution in [1.82, 2.24) is 4.98 Å². The van der Waals surface area contributed by atoms with E-state index in [0.717, 1.165) is 21.1 Å². The number of aromatic nitrogens is 1. The molecule has 1 N–H and O–H groups in total. The summed E-state index contributed by atoms with van der Waals surface area (Å²) < 4.78 is 6.03. The van der Waals surface area contributed by atoms with Gasteiger partial charge < -0.3 is 9.72 Å². The van der Waals surface area contributed by atoms with Crippen molar-refractivity contribution in [1.29, 1.82) is 0 Å². The first kappa shape index (κ1) is 9.27. The van der Waals surface area contributed by atoms with Gasteiger partial charge in [-0.25, -0.2) is 0 Å². The Hall–Kier alpha value is -1.29. The number of H-pyrrole nitrogens is 1. The fourth-order valence-corrected chi connectivity index (χ4v) is 1.81. The van der Waals surface area contributed by atoms with Crippen molar-refractivity contribution in [3.8, 4) is 5.75 Å². The number of hydrogen-bond acceptors (Lipinski definition) is 2. The van der Waals surface area contributed by atoms with E-state index in [2.05, 4.69) is 20.9 Å². The van der Waals surface area contributed by atoms with Gasteiger partial charge >= 0.3 is 0 Å². The zero-order valence-corrected chi connectivity index (χ0v) is 9.09. The number of halogens is 1. The van der Waals surface area contributed by atoms with Gasteiger partial charge in [0.15, 0.2) is 0 Å². The van der Waals surface area contributed by atoms with Crippen LogP contribution in [0.4, 0.5) is 0 Å². The summed E-state index contributed by atoms with van der Waals surface area (Å²) in [7, 11) is 1.60. The second kappa shape index (κ2) is 3.46. The first-order valence-electron chi connectivity index (χ1n) is 4.08. The minimum atomic E-state index is -0.119. The van der Waals surface area contributed by atoms with Gasteiger partial charge in [-0.15, -0.1) is 0 Å². The molecule has 0 fully saturated rings. The molecule has 0 aliphatic carbocycles. The molecule has 0 bridgehead atoms. The quantitative estimate of drug-likeness (QED) is 0.848. The Balaban J connectivity index is 2.91. The van der Waals surface area contributed by atoms with Crippen molar-refractivity contribution in [2.45, 2.75) is 0 Å². The van der Waals surface area contributed by atoms with E-state index in [1.54, 1.807) is 13.2 Å². The van der Waals surface area contributed by atoms with Gasteiger partial charge in [0, 0.05) is 15.9 Å². The summed E-state index contributed by atoms with van der Waals surface area (Å²) in [6.45, 7) is 0. The SMILES string of the molecule is COc1ccc(Br)c2[nH]c(=O)ccc12. The smallest absolute Gasteiger partial charge is 0.248 e. The standard InChI is InChI=1S/C10H8BrNO2/c1-14-8-4-3-7(11)10-6(8)2-5-9(13)12-10/h2-5H,1H3,(H,12,13). The van der Waals surface area contributed by atoms with Crippen molar-refractivity contribution in [3.63, 3.8) is 0 Å². The first-order chi connectivity index (χ1) is 6.72. The molecule has 72 valence electrons. The van der Waals surface area contributed by atoms with Crippen LogP contribution in [0.3, 0.4) is 0 Å². The van der Waals surface area contributed by atoms with Crippen LogP contribution in [0.1, 0.15) is 0 Å². The van der Waals surface area contributed by atoms with E-state index >= 15 is 0 Å². The van der Waals surface area contributed by atoms with Crippen LogP contribution in [0.5, 0.6) is 5.75 Å². The molecule has 2 aromatic rings. The normalized spacial score (nSPS) is 10.4. The Bertz CT molecular complexity index is 533. The molecule has 1 aromatic heterocycles. The van der Waals surface area contributed by atoms with Crippen LogP contribution < -0.4 is 10.3 Å². The predicted octanol–water partition coefficient (Wildman–Crippen LogP) is 2.30. The number of rotatable bonds is 1. The van der Waals surface area contributed by atoms with E-state index in [1.165, 1.54) is 6.07 Å². The molecular formula is C10H8BrNO2. The zero-order valence-electron chi connectivity index (χ0n) is 7.50. The topological polar surface area (TPSA) is 42.1 Å². The molecule has 4 heteroatoms. The predicted molar refractivity (Wildman–Crippen MR) is 58.8 cm³/mol. The van der Waals surface area contributed by atoms with Crippen molar-refractivity contribution in [2.24, 2.45) is 0 Å². The van der Waals surface area contributed by atoms with E-state index in [-0.39, 0.29) is 5.56 Å². The maximum Gasteiger partial charge on any atom is 0.248 e. The van der Waals surface area contributed by atoms with Gasteiger partial charge in [0.05, 0.1) is 12.6 Å². The lowest BCUT2D eigenvalue weighted by Crippen LogP contribution is -2.03. The summed E-state index contributed by atoms with van der Waals surface area (Å²) in [5.41, 5.74) is 0.642. The second-order valence-corrected chi connectivity index (χ2v) is 3.72. The molecule has 0 saturated carbocycles. The maximum atomic E-state index is 11.1. The monoisotopic (exact) mass is 253 g/mol. The van der Waals surface area contributed by atoms with Gasteiger partial charge in [0.25, 0.3) is 0 Å². The number of methoxy groups -OCH3 is 1. The molecule has 0 radical (unpaired) electrons. The Morgan fingerprint density at radius 2 is 2.07 bits per heavy atom. The molecule has 0 atom stereocenters. The lowest BCUT2D eigenvalue weighted by Gasteiger charge is -2.05. The fraction of sp³-hybridized carbons (Fsp3) is 0.100. The molecule has 2 rings (SSSR count). The molecular weight excluding hydrogens is 246 g/mol. The Kier molecular flexibility index (Phi) is 2.29. The van der Waals surface area contributed by atoms with Crippen molar-refractivity contribution in [2.75, 3.05) is 7.11 Å². The molecule has 0 aliphatic rings. The van der Waals surface area contributed by atoms with Crippen LogP contribution in [0.2, 0.25) is 0 Å². The molecule has 0 saturated heterocycles. The number of aromatic amines is 1. The van der Waals surface area contributed by atoms with Gasteiger partial charge in [-0.3, -0.25) is 4.79 Å². The first-order valence-corrected chi connectivity index (χ1v) is 4.87. The lowest BCUT2D eigenvalue weighted by molar-refractivity contribution is 0.419. The van der Waals surface area contributed by atoms with Crippen LogP contribution in [0.15, 0.2) is 33.5 Å². The highest BCUT2D eigenvalue weighted by Gasteiger charge is 2.04. The molecule has 0 amide bonds. The average Bonchev–Trinajstić information content (AvgIpc) is 2.19. The fourth-order valence-electron chi connectivity index (χ4n) is 1.37. The number of nitrogens with one attached hydrogen (secondary N) is 1. The summed E-state index contributed by atoms with van der Waals surface area (Å²) in [6, 6.07) is 6.93. The van der Waals surface area contributed by atoms with E-state index in [4.69, 9.17) is 4.74 Å². The molecule has 0 spiro atoms. The molecule has 0 unspecified atom stereocenters. The van der Waals surface area contributed by atoms with Crippen molar-refractivity contribution >= 4 is 26.8 Å². The van der Waals surface area contributed by atoms with Crippen LogP contribution in [-0.4, -0.2) is 12.1 Å². The minimum Gasteiger partial charge on any atom is -0.496 e. The minimum absolute atomic E-state index is 0.119. The second-order valence-electron chi connectivity index (χ2n) is 2.86. The van der Waals surface area contributed by atoms with Gasteiger partial charge in [-0.2, -0.15) is 0 Å². The average molecular weight is 254 g/mol. The van der Waals surface area contributed by atoms with E-state index in [9.17, 15) is 4.79 Å². The Morgan fingerprint density at radius 3 is 2.79 bits per heavy atom. The van der Waals surface area contributed by atoms with Crippen LogP contribution >= 0.6 is 15.9 Å². The summed E-state index contributed by atoms with van der Waals surface area (Å²) in [5, 5.41) is 0.890. The van der Waals surface area contributed by atoms with Crippen molar-refractivity contribution in [3.05, 3.63) is 39.1 Å².